The fourth-order valence-electron chi connectivity index (χ4n) is 5.70. The Kier molecular flexibility index (Phi) is 7.55. The van der Waals surface area contributed by atoms with Crippen LogP contribution in [-0.2, 0) is 6.54 Å². The summed E-state index contributed by atoms with van der Waals surface area (Å²) in [5.41, 5.74) is 11.9. The second-order valence-corrected chi connectivity index (χ2v) is 11.0. The zero-order chi connectivity index (χ0) is 32.2. The van der Waals surface area contributed by atoms with E-state index in [4.69, 9.17) is 27.1 Å². The van der Waals surface area contributed by atoms with Gasteiger partial charge in [-0.15, -0.1) is 0 Å². The summed E-state index contributed by atoms with van der Waals surface area (Å²) < 4.78 is 14.5. The van der Waals surface area contributed by atoms with E-state index in [1.165, 1.54) is 5.56 Å². The highest BCUT2D eigenvalue weighted by atomic mass is 16.5. The van der Waals surface area contributed by atoms with Crippen LogP contribution in [-0.4, -0.2) is 65.6 Å². The van der Waals surface area contributed by atoms with Gasteiger partial charge in [0.1, 0.15) is 29.0 Å². The lowest BCUT2D eigenvalue weighted by Gasteiger charge is -2.32. The molecule has 12 nitrogen and oxygen atoms in total. The van der Waals surface area contributed by atoms with Gasteiger partial charge in [-0.2, -0.15) is 5.26 Å². The Hall–Kier alpha value is -5.93. The van der Waals surface area contributed by atoms with Crippen molar-refractivity contribution in [3.63, 3.8) is 0 Å². The number of nitrogen functional groups attached to an aromatic ring is 1. The van der Waals surface area contributed by atoms with Gasteiger partial charge < -0.3 is 15.8 Å². The van der Waals surface area contributed by atoms with Crippen molar-refractivity contribution in [2.45, 2.75) is 25.4 Å². The Bertz CT molecular complexity index is 2050. The Morgan fingerprint density at radius 1 is 0.957 bits per heavy atom. The maximum atomic E-state index is 9.08. The monoisotopic (exact) mass is 610 g/mol. The van der Waals surface area contributed by atoms with Crippen molar-refractivity contribution in [1.82, 2.24) is 39.4 Å². The number of aromatic nitrogens is 7. The molecule has 0 unspecified atom stereocenters. The predicted molar refractivity (Wildman–Crippen MR) is 175 cm³/mol. The standard InChI is InChI=1S/C34H31N11O/c1-46-25-8-9-27(39-20-25)28-10-11-29-34(41-28)45(33(42-29)26-3-2-15-38-32(26)36)24-6-4-22(5-7-24)21-44-17-13-23(14-18-44)40-30-12-16-37-31(19-35)43-30/h2-12,15-16,20,23H,13-14,17-18,21H2,1H3,(H2,36,38)(H,37,40,43)/i1D. The van der Waals surface area contributed by atoms with E-state index in [9.17, 15) is 0 Å². The lowest BCUT2D eigenvalue weighted by Crippen LogP contribution is -2.38. The average Bonchev–Trinajstić information content (AvgIpc) is 3.49. The third kappa shape index (κ3) is 5.91. The maximum absolute atomic E-state index is 9.08. The average molecular weight is 611 g/mol. The molecular weight excluding hydrogens is 578 g/mol. The fraction of sp³-hybridized carbons (Fsp3) is 0.206. The first kappa shape index (κ1) is 27.6. The number of nitrogens with one attached hydrogen (secondary N) is 1. The molecule has 3 N–H and O–H groups in total. The summed E-state index contributed by atoms with van der Waals surface area (Å²) in [6, 6.07) is 23.7. The smallest absolute Gasteiger partial charge is 0.234 e. The summed E-state index contributed by atoms with van der Waals surface area (Å²) in [7, 11) is -0.171. The largest absolute Gasteiger partial charge is 0.495 e. The van der Waals surface area contributed by atoms with Gasteiger partial charge in [0, 0.05) is 43.8 Å². The van der Waals surface area contributed by atoms with E-state index in [2.05, 4.69) is 54.4 Å². The summed E-state index contributed by atoms with van der Waals surface area (Å²) in [6.45, 7) is 2.73. The van der Waals surface area contributed by atoms with Crippen molar-refractivity contribution in [2.75, 3.05) is 31.2 Å². The molecule has 1 aromatic carbocycles. The van der Waals surface area contributed by atoms with Crippen LogP contribution >= 0.6 is 0 Å². The van der Waals surface area contributed by atoms with Crippen LogP contribution in [0.5, 0.6) is 5.75 Å². The first-order chi connectivity index (χ1) is 23.1. The number of fused-ring (bicyclic) bond motifs is 1. The molecule has 0 aliphatic carbocycles. The van der Waals surface area contributed by atoms with Crippen molar-refractivity contribution in [2.24, 2.45) is 0 Å². The Balaban J connectivity index is 1.13. The minimum absolute atomic E-state index is 0.171. The lowest BCUT2D eigenvalue weighted by atomic mass is 10.0. The van der Waals surface area contributed by atoms with E-state index in [-0.39, 0.29) is 12.9 Å². The van der Waals surface area contributed by atoms with E-state index in [1.54, 1.807) is 30.7 Å². The van der Waals surface area contributed by atoms with Crippen LogP contribution in [0.15, 0.2) is 85.3 Å². The van der Waals surface area contributed by atoms with Gasteiger partial charge in [-0.25, -0.2) is 24.9 Å². The Morgan fingerprint density at radius 3 is 2.57 bits per heavy atom. The molecule has 12 heteroatoms. The van der Waals surface area contributed by atoms with E-state index in [0.29, 0.717) is 57.4 Å². The molecule has 1 fully saturated rings. The first-order valence-corrected chi connectivity index (χ1v) is 14.9. The van der Waals surface area contributed by atoms with Crippen LogP contribution in [0.4, 0.5) is 11.6 Å². The number of imidazole rings is 1. The van der Waals surface area contributed by atoms with Crippen LogP contribution in [0.3, 0.4) is 0 Å². The van der Waals surface area contributed by atoms with E-state index in [0.717, 1.165) is 38.2 Å². The lowest BCUT2D eigenvalue weighted by molar-refractivity contribution is 0.211. The first-order valence-electron chi connectivity index (χ1n) is 15.6. The second kappa shape index (κ2) is 12.6. The van der Waals surface area contributed by atoms with Gasteiger partial charge in [-0.3, -0.25) is 14.5 Å². The van der Waals surface area contributed by atoms with E-state index in [1.807, 2.05) is 41.0 Å². The van der Waals surface area contributed by atoms with Crippen molar-refractivity contribution >= 4 is 22.8 Å². The van der Waals surface area contributed by atoms with Gasteiger partial charge in [0.2, 0.25) is 5.82 Å². The minimum Gasteiger partial charge on any atom is -0.495 e. The molecule has 0 bridgehead atoms. The molecule has 1 saturated heterocycles. The normalized spacial score (nSPS) is 14.1. The molecule has 7 rings (SSSR count). The molecule has 0 spiro atoms. The van der Waals surface area contributed by atoms with Crippen molar-refractivity contribution in [3.8, 4) is 40.3 Å². The molecule has 0 saturated carbocycles. The fourth-order valence-corrected chi connectivity index (χ4v) is 5.70. The van der Waals surface area contributed by atoms with Crippen LogP contribution < -0.4 is 15.8 Å². The number of ether oxygens (including phenoxy) is 1. The summed E-state index contributed by atoms with van der Waals surface area (Å²) in [5, 5.41) is 12.5. The SMILES string of the molecule is [2H]COc1ccc(-c2ccc3nc(-c4cccnc4N)n(-c4ccc(CN5CCC(Nc6ccnc(C#N)n6)CC5)cc4)c3n2)nc1. The van der Waals surface area contributed by atoms with E-state index >= 15 is 0 Å². The molecule has 5 aromatic heterocycles. The van der Waals surface area contributed by atoms with Gasteiger partial charge in [-0.1, -0.05) is 12.1 Å². The number of piperidine rings is 1. The van der Waals surface area contributed by atoms with Gasteiger partial charge in [-0.05, 0) is 73.0 Å². The third-order valence-corrected chi connectivity index (χ3v) is 8.05. The highest BCUT2D eigenvalue weighted by molar-refractivity contribution is 5.84. The van der Waals surface area contributed by atoms with Crippen LogP contribution in [0.2, 0.25) is 0 Å². The molecule has 46 heavy (non-hydrogen) atoms. The third-order valence-electron chi connectivity index (χ3n) is 8.05. The molecular formula is C34H31N11O. The minimum atomic E-state index is -0.171. The highest BCUT2D eigenvalue weighted by Gasteiger charge is 2.21. The van der Waals surface area contributed by atoms with Gasteiger partial charge in [0.25, 0.3) is 0 Å². The number of rotatable bonds is 8. The number of nitrogens with zero attached hydrogens (tertiary/aromatic N) is 9. The molecule has 6 aromatic rings. The van der Waals surface area contributed by atoms with Crippen LogP contribution in [0.1, 0.15) is 25.6 Å². The van der Waals surface area contributed by atoms with Crippen LogP contribution in [0, 0.1) is 11.3 Å². The highest BCUT2D eigenvalue weighted by Crippen LogP contribution is 2.32. The summed E-state index contributed by atoms with van der Waals surface area (Å²) in [4.78, 5) is 29.4. The predicted octanol–water partition coefficient (Wildman–Crippen LogP) is 4.87. The van der Waals surface area contributed by atoms with Gasteiger partial charge >= 0.3 is 0 Å². The van der Waals surface area contributed by atoms with Crippen molar-refractivity contribution < 1.29 is 6.11 Å². The number of nitriles is 1. The van der Waals surface area contributed by atoms with Crippen molar-refractivity contribution in [3.05, 3.63) is 96.7 Å². The molecule has 0 atom stereocenters. The number of anilines is 2. The van der Waals surface area contributed by atoms with Gasteiger partial charge in [0.05, 0.1) is 31.6 Å². The summed E-state index contributed by atoms with van der Waals surface area (Å²) in [6.07, 6.45) is 6.82. The van der Waals surface area contributed by atoms with E-state index < -0.39 is 0 Å². The number of hydrogen-bond acceptors (Lipinski definition) is 11. The quantitative estimate of drug-likeness (QED) is 0.242. The Labute approximate surface area is 267 Å². The molecule has 228 valence electrons. The molecule has 6 heterocycles. The zero-order valence-electron chi connectivity index (χ0n) is 25.9. The molecule has 0 radical (unpaired) electrons. The van der Waals surface area contributed by atoms with Crippen LogP contribution in [0.25, 0.3) is 39.6 Å². The topological polar surface area (TPSA) is 157 Å². The summed E-state index contributed by atoms with van der Waals surface area (Å²) in [5.74, 6) is 2.43. The zero-order valence-corrected chi connectivity index (χ0v) is 24.9. The number of benzene rings is 1. The van der Waals surface area contributed by atoms with Crippen molar-refractivity contribution in [1.29, 1.82) is 5.26 Å². The molecule has 1 aliphatic rings. The Morgan fingerprint density at radius 2 is 1.80 bits per heavy atom. The van der Waals surface area contributed by atoms with Gasteiger partial charge in [0.15, 0.2) is 11.5 Å². The maximum Gasteiger partial charge on any atom is 0.234 e. The summed E-state index contributed by atoms with van der Waals surface area (Å²) >= 11 is 0. The number of likely N-dealkylation sites (tertiary alicyclic amines) is 1. The number of methoxy groups -OCH3 is 1. The number of hydrogen-bond donors (Lipinski definition) is 2. The second-order valence-electron chi connectivity index (χ2n) is 11.0. The number of nitrogens with two attached hydrogens (primary N) is 1. The molecule has 1 aliphatic heterocycles. The molecule has 0 amide bonds. The number of pyridine rings is 3.